The number of carbonyl (C=O) groups excluding carboxylic acids is 2. The van der Waals surface area contributed by atoms with Gasteiger partial charge in [0.2, 0.25) is 10.0 Å². The van der Waals surface area contributed by atoms with E-state index in [4.69, 9.17) is 9.84 Å². The second-order valence-electron chi connectivity index (χ2n) is 6.98. The first-order valence-corrected chi connectivity index (χ1v) is 11.0. The van der Waals surface area contributed by atoms with E-state index in [9.17, 15) is 18.0 Å². The van der Waals surface area contributed by atoms with E-state index in [-0.39, 0.29) is 36.7 Å². The van der Waals surface area contributed by atoms with Crippen molar-refractivity contribution >= 4 is 27.6 Å². The van der Waals surface area contributed by atoms with Crippen LogP contribution in [0.1, 0.15) is 18.4 Å². The lowest BCUT2D eigenvalue weighted by molar-refractivity contribution is -0.136. The Labute approximate surface area is 170 Å². The number of rotatable bonds is 8. The van der Waals surface area contributed by atoms with Gasteiger partial charge < -0.3 is 20.1 Å². The van der Waals surface area contributed by atoms with E-state index in [0.29, 0.717) is 24.3 Å². The number of hydrogen-bond acceptors (Lipinski definition) is 7. The Bertz CT molecular complexity index is 904. The van der Waals surface area contributed by atoms with Crippen LogP contribution in [0.5, 0.6) is 0 Å². The number of aliphatic hydroxyl groups excluding tert-OH is 1. The van der Waals surface area contributed by atoms with Gasteiger partial charge in [0, 0.05) is 25.3 Å². The Morgan fingerprint density at radius 2 is 1.86 bits per heavy atom. The van der Waals surface area contributed by atoms with Crippen LogP contribution >= 0.6 is 0 Å². The van der Waals surface area contributed by atoms with Crippen LogP contribution in [0.3, 0.4) is 0 Å². The molecule has 0 atom stereocenters. The Morgan fingerprint density at radius 1 is 1.21 bits per heavy atom. The fourth-order valence-electron chi connectivity index (χ4n) is 3.45. The highest BCUT2D eigenvalue weighted by Crippen LogP contribution is 2.24. The van der Waals surface area contributed by atoms with Gasteiger partial charge in [-0.25, -0.2) is 17.5 Å². The lowest BCUT2D eigenvalue weighted by atomic mass is 10.2. The lowest BCUT2D eigenvalue weighted by Crippen LogP contribution is -2.31. The fourth-order valence-corrected chi connectivity index (χ4v) is 5.06. The minimum atomic E-state index is -3.34. The third-order valence-corrected chi connectivity index (χ3v) is 6.83. The van der Waals surface area contributed by atoms with Crippen molar-refractivity contribution in [3.8, 4) is 0 Å². The Balaban J connectivity index is 1.74. The van der Waals surface area contributed by atoms with Crippen molar-refractivity contribution in [1.82, 2.24) is 9.21 Å². The summed E-state index contributed by atoms with van der Waals surface area (Å²) in [4.78, 5) is 25.9. The zero-order chi connectivity index (χ0) is 21.0. The first-order chi connectivity index (χ1) is 13.9. The van der Waals surface area contributed by atoms with Crippen molar-refractivity contribution in [3.63, 3.8) is 0 Å². The quantitative estimate of drug-likeness (QED) is 0.577. The number of hydrogen-bond donors (Lipinski definition) is 2. The number of methoxy groups -OCH3 is 1. The molecule has 0 aromatic heterocycles. The average Bonchev–Trinajstić information content (AvgIpc) is 3.34. The van der Waals surface area contributed by atoms with E-state index < -0.39 is 21.9 Å². The van der Waals surface area contributed by atoms with Gasteiger partial charge in [0.05, 0.1) is 31.6 Å². The molecule has 2 heterocycles. The summed E-state index contributed by atoms with van der Waals surface area (Å²) < 4.78 is 31.1. The van der Waals surface area contributed by atoms with Crippen LogP contribution in [0.4, 0.5) is 5.69 Å². The third kappa shape index (κ3) is 4.77. The van der Waals surface area contributed by atoms with Gasteiger partial charge in [-0.2, -0.15) is 0 Å². The molecule has 9 nitrogen and oxygen atoms in total. The number of nitrogens with one attached hydrogen (secondary N) is 1. The molecule has 1 fully saturated rings. The SMILES string of the molecule is COC(=O)C1=C(Nc2ccc(CS(=O)(=O)N3CCCC3)cc2)C(=O)N(CCO)C1. The zero-order valence-corrected chi connectivity index (χ0v) is 17.1. The maximum Gasteiger partial charge on any atom is 0.337 e. The van der Waals surface area contributed by atoms with E-state index in [1.807, 2.05) is 0 Å². The van der Waals surface area contributed by atoms with Gasteiger partial charge in [0.1, 0.15) is 5.70 Å². The summed E-state index contributed by atoms with van der Waals surface area (Å²) in [6, 6.07) is 6.69. The second kappa shape index (κ2) is 8.93. The number of sulfonamides is 1. The van der Waals surface area contributed by atoms with Crippen molar-refractivity contribution in [2.24, 2.45) is 0 Å². The van der Waals surface area contributed by atoms with Crippen LogP contribution < -0.4 is 5.32 Å². The summed E-state index contributed by atoms with van der Waals surface area (Å²) >= 11 is 0. The number of amides is 1. The van der Waals surface area contributed by atoms with E-state index in [0.717, 1.165) is 12.8 Å². The molecule has 0 radical (unpaired) electrons. The first kappa shape index (κ1) is 21.3. The number of anilines is 1. The molecule has 1 saturated heterocycles. The molecule has 158 valence electrons. The van der Waals surface area contributed by atoms with E-state index in [1.54, 1.807) is 24.3 Å². The molecule has 3 rings (SSSR count). The van der Waals surface area contributed by atoms with Gasteiger partial charge in [-0.3, -0.25) is 4.79 Å². The standard InChI is InChI=1S/C19H25N3O6S/c1-28-19(25)16-12-21(10-11-23)18(24)17(16)20-15-6-4-14(5-7-15)13-29(26,27)22-8-2-3-9-22/h4-7,20,23H,2-3,8-13H2,1H3. The molecular formula is C19H25N3O6S. The molecule has 2 N–H and O–H groups in total. The molecule has 1 aromatic rings. The predicted molar refractivity (Wildman–Crippen MR) is 106 cm³/mol. The lowest BCUT2D eigenvalue weighted by Gasteiger charge is -2.16. The molecule has 1 aromatic carbocycles. The average molecular weight is 423 g/mol. The summed E-state index contributed by atoms with van der Waals surface area (Å²) in [5, 5.41) is 12.0. The summed E-state index contributed by atoms with van der Waals surface area (Å²) in [5.74, 6) is -1.10. The largest absolute Gasteiger partial charge is 0.466 e. The molecule has 2 aliphatic rings. The van der Waals surface area contributed by atoms with E-state index in [1.165, 1.54) is 16.3 Å². The topological polar surface area (TPSA) is 116 Å². The normalized spacial score (nSPS) is 17.9. The molecule has 29 heavy (non-hydrogen) atoms. The van der Waals surface area contributed by atoms with Crippen molar-refractivity contribution < 1.29 is 27.9 Å². The van der Waals surface area contributed by atoms with Crippen LogP contribution in [0.15, 0.2) is 35.5 Å². The number of nitrogens with zero attached hydrogens (tertiary/aromatic N) is 2. The van der Waals surface area contributed by atoms with Gasteiger partial charge in [0.25, 0.3) is 5.91 Å². The predicted octanol–water partition coefficient (Wildman–Crippen LogP) is 0.286. The van der Waals surface area contributed by atoms with Gasteiger partial charge in [-0.05, 0) is 30.5 Å². The summed E-state index contributed by atoms with van der Waals surface area (Å²) in [5.41, 5.74) is 1.47. The number of esters is 1. The molecule has 0 bridgehead atoms. The zero-order valence-electron chi connectivity index (χ0n) is 16.3. The number of benzene rings is 1. The number of β-amino-alcohol motifs (C(OH)–C–C–N with tert-alkyl or cyclic N) is 1. The van der Waals surface area contributed by atoms with E-state index >= 15 is 0 Å². The fraction of sp³-hybridized carbons (Fsp3) is 0.474. The summed E-state index contributed by atoms with van der Waals surface area (Å²) in [6.07, 6.45) is 1.78. The smallest absolute Gasteiger partial charge is 0.337 e. The number of ether oxygens (including phenoxy) is 1. The maximum atomic E-state index is 12.5. The first-order valence-electron chi connectivity index (χ1n) is 9.41. The Hall–Kier alpha value is -2.43. The van der Waals surface area contributed by atoms with Crippen LogP contribution in [-0.2, 0) is 30.1 Å². The minimum absolute atomic E-state index is 0.0561. The molecule has 0 saturated carbocycles. The van der Waals surface area contributed by atoms with Gasteiger partial charge in [0.15, 0.2) is 0 Å². The van der Waals surface area contributed by atoms with Crippen molar-refractivity contribution in [1.29, 1.82) is 0 Å². The highest BCUT2D eigenvalue weighted by Gasteiger charge is 2.34. The number of carbonyl (C=O) groups is 2. The summed E-state index contributed by atoms with van der Waals surface area (Å²) in [6.45, 7) is 1.09. The third-order valence-electron chi connectivity index (χ3n) is 4.98. The molecule has 0 aliphatic carbocycles. The monoisotopic (exact) mass is 423 g/mol. The van der Waals surface area contributed by atoms with Gasteiger partial charge >= 0.3 is 5.97 Å². The second-order valence-corrected chi connectivity index (χ2v) is 8.95. The van der Waals surface area contributed by atoms with Crippen LogP contribution in [0, 0.1) is 0 Å². The molecule has 2 aliphatic heterocycles. The number of aliphatic hydroxyl groups is 1. The summed E-state index contributed by atoms with van der Waals surface area (Å²) in [7, 11) is -2.10. The maximum absolute atomic E-state index is 12.5. The molecule has 0 unspecified atom stereocenters. The van der Waals surface area contributed by atoms with E-state index in [2.05, 4.69) is 5.32 Å². The van der Waals surface area contributed by atoms with Crippen molar-refractivity contribution in [2.45, 2.75) is 18.6 Å². The molecule has 0 spiro atoms. The van der Waals surface area contributed by atoms with Crippen molar-refractivity contribution in [3.05, 3.63) is 41.1 Å². The molecule has 1 amide bonds. The van der Waals surface area contributed by atoms with Crippen LogP contribution in [-0.4, -0.2) is 74.5 Å². The van der Waals surface area contributed by atoms with Gasteiger partial charge in [-0.1, -0.05) is 12.1 Å². The minimum Gasteiger partial charge on any atom is -0.466 e. The van der Waals surface area contributed by atoms with Crippen LogP contribution in [0.25, 0.3) is 0 Å². The Kier molecular flexibility index (Phi) is 6.56. The highest BCUT2D eigenvalue weighted by atomic mass is 32.2. The Morgan fingerprint density at radius 3 is 2.45 bits per heavy atom. The molecular weight excluding hydrogens is 398 g/mol. The van der Waals surface area contributed by atoms with Gasteiger partial charge in [-0.15, -0.1) is 0 Å². The van der Waals surface area contributed by atoms with Crippen molar-refractivity contribution in [2.75, 3.05) is 45.2 Å². The highest BCUT2D eigenvalue weighted by molar-refractivity contribution is 7.88. The molecule has 10 heteroatoms. The van der Waals surface area contributed by atoms with Crippen LogP contribution in [0.2, 0.25) is 0 Å².